The number of para-hydroxylation sites is 1. The third-order valence-corrected chi connectivity index (χ3v) is 3.96. The first-order valence-corrected chi connectivity index (χ1v) is 6.93. The van der Waals surface area contributed by atoms with E-state index in [4.69, 9.17) is 5.11 Å². The lowest BCUT2D eigenvalue weighted by atomic mass is 9.86. The van der Waals surface area contributed by atoms with Crippen molar-refractivity contribution < 1.29 is 9.90 Å². The minimum atomic E-state index is -0.670. The second kappa shape index (κ2) is 5.45. The number of benzene rings is 1. The number of nitrogens with zero attached hydrogens (tertiary/aromatic N) is 2. The van der Waals surface area contributed by atoms with Crippen LogP contribution >= 0.6 is 0 Å². The molecule has 1 saturated carbocycles. The monoisotopic (exact) mass is 271 g/mol. The fourth-order valence-corrected chi connectivity index (χ4v) is 2.80. The molecule has 1 aliphatic rings. The van der Waals surface area contributed by atoms with Gasteiger partial charge in [0.15, 0.2) is 0 Å². The standard InChI is InChI=1S/C15H17N3O2/c19-15(20)10-5-7-11(8-6-10)18-14-12-3-1-2-4-13(12)16-9-17-14/h1-4,9-11H,5-8H2,(H,19,20)(H,16,17,18). The minimum Gasteiger partial charge on any atom is -0.481 e. The predicted octanol–water partition coefficient (Wildman–Crippen LogP) is 2.69. The van der Waals surface area contributed by atoms with Crippen LogP contribution in [0, 0.1) is 5.92 Å². The van der Waals surface area contributed by atoms with Gasteiger partial charge < -0.3 is 10.4 Å². The number of aliphatic carboxylic acids is 1. The van der Waals surface area contributed by atoms with Crippen LogP contribution in [-0.4, -0.2) is 27.1 Å². The van der Waals surface area contributed by atoms with Crippen molar-refractivity contribution in [2.24, 2.45) is 5.92 Å². The lowest BCUT2D eigenvalue weighted by Gasteiger charge is -2.27. The number of nitrogens with one attached hydrogen (secondary N) is 1. The van der Waals surface area contributed by atoms with Gasteiger partial charge in [-0.1, -0.05) is 12.1 Å². The lowest BCUT2D eigenvalue weighted by molar-refractivity contribution is -0.142. The third-order valence-electron chi connectivity index (χ3n) is 3.96. The number of aromatic nitrogens is 2. The molecule has 0 spiro atoms. The fourth-order valence-electron chi connectivity index (χ4n) is 2.80. The van der Waals surface area contributed by atoms with Gasteiger partial charge in [-0.15, -0.1) is 0 Å². The van der Waals surface area contributed by atoms with Crippen LogP contribution < -0.4 is 5.32 Å². The normalized spacial score (nSPS) is 22.6. The van der Waals surface area contributed by atoms with Gasteiger partial charge in [0.05, 0.1) is 11.4 Å². The largest absolute Gasteiger partial charge is 0.481 e. The van der Waals surface area contributed by atoms with Gasteiger partial charge >= 0.3 is 5.97 Å². The van der Waals surface area contributed by atoms with Gasteiger partial charge in [0.1, 0.15) is 12.1 Å². The summed E-state index contributed by atoms with van der Waals surface area (Å²) in [6.07, 6.45) is 4.77. The molecule has 0 atom stereocenters. The van der Waals surface area contributed by atoms with E-state index < -0.39 is 5.97 Å². The van der Waals surface area contributed by atoms with Gasteiger partial charge in [-0.3, -0.25) is 4.79 Å². The van der Waals surface area contributed by atoms with Gasteiger partial charge in [-0.2, -0.15) is 0 Å². The number of anilines is 1. The smallest absolute Gasteiger partial charge is 0.306 e. The van der Waals surface area contributed by atoms with Gasteiger partial charge in [-0.25, -0.2) is 9.97 Å². The van der Waals surface area contributed by atoms with Crippen LogP contribution in [0.25, 0.3) is 10.9 Å². The van der Waals surface area contributed by atoms with Crippen molar-refractivity contribution in [3.63, 3.8) is 0 Å². The Balaban J connectivity index is 1.73. The molecule has 1 aromatic carbocycles. The van der Waals surface area contributed by atoms with E-state index in [-0.39, 0.29) is 5.92 Å². The summed E-state index contributed by atoms with van der Waals surface area (Å²) in [4.78, 5) is 19.5. The van der Waals surface area contributed by atoms with Crippen molar-refractivity contribution in [3.05, 3.63) is 30.6 Å². The van der Waals surface area contributed by atoms with Crippen LogP contribution in [0.3, 0.4) is 0 Å². The summed E-state index contributed by atoms with van der Waals surface area (Å²) in [5.74, 6) is -0.0134. The summed E-state index contributed by atoms with van der Waals surface area (Å²) in [6.45, 7) is 0. The Labute approximate surface area is 117 Å². The number of fused-ring (bicyclic) bond motifs is 1. The number of carboxylic acid groups (broad SMARTS) is 1. The van der Waals surface area contributed by atoms with E-state index >= 15 is 0 Å². The maximum Gasteiger partial charge on any atom is 0.306 e. The molecule has 0 radical (unpaired) electrons. The number of carbonyl (C=O) groups is 1. The number of carboxylic acids is 1. The van der Waals surface area contributed by atoms with Crippen LogP contribution in [0.15, 0.2) is 30.6 Å². The molecule has 3 rings (SSSR count). The average Bonchev–Trinajstić information content (AvgIpc) is 2.48. The van der Waals surface area contributed by atoms with E-state index in [9.17, 15) is 4.79 Å². The quantitative estimate of drug-likeness (QED) is 0.897. The van der Waals surface area contributed by atoms with Crippen LogP contribution in [0.2, 0.25) is 0 Å². The highest BCUT2D eigenvalue weighted by Gasteiger charge is 2.26. The molecule has 0 aliphatic heterocycles. The summed E-state index contributed by atoms with van der Waals surface area (Å²) >= 11 is 0. The van der Waals surface area contributed by atoms with Crippen molar-refractivity contribution in [2.75, 3.05) is 5.32 Å². The first-order valence-electron chi connectivity index (χ1n) is 6.93. The summed E-state index contributed by atoms with van der Waals surface area (Å²) in [7, 11) is 0. The van der Waals surface area contributed by atoms with Gasteiger partial charge in [0.25, 0.3) is 0 Å². The second-order valence-electron chi connectivity index (χ2n) is 5.27. The molecule has 20 heavy (non-hydrogen) atoms. The second-order valence-corrected chi connectivity index (χ2v) is 5.27. The minimum absolute atomic E-state index is 0.185. The molecule has 1 heterocycles. The zero-order valence-corrected chi connectivity index (χ0v) is 11.1. The molecule has 0 saturated heterocycles. The molecule has 0 bridgehead atoms. The van der Waals surface area contributed by atoms with Crippen LogP contribution in [-0.2, 0) is 4.79 Å². The zero-order valence-electron chi connectivity index (χ0n) is 11.1. The van der Waals surface area contributed by atoms with E-state index in [2.05, 4.69) is 15.3 Å². The molecular formula is C15H17N3O2. The van der Waals surface area contributed by atoms with Crippen molar-refractivity contribution in [1.82, 2.24) is 9.97 Å². The van der Waals surface area contributed by atoms with Crippen LogP contribution in [0.5, 0.6) is 0 Å². The topological polar surface area (TPSA) is 75.1 Å². The molecule has 0 unspecified atom stereocenters. The van der Waals surface area contributed by atoms with Gasteiger partial charge in [0.2, 0.25) is 0 Å². The van der Waals surface area contributed by atoms with Gasteiger partial charge in [-0.05, 0) is 37.8 Å². The SMILES string of the molecule is O=C(O)C1CCC(Nc2ncnc3ccccc23)CC1. The van der Waals surface area contributed by atoms with Crippen molar-refractivity contribution in [2.45, 2.75) is 31.7 Å². The highest BCUT2D eigenvalue weighted by Crippen LogP contribution is 2.28. The number of hydrogen-bond donors (Lipinski definition) is 2. The first kappa shape index (κ1) is 12.8. The van der Waals surface area contributed by atoms with E-state index in [1.807, 2.05) is 24.3 Å². The summed E-state index contributed by atoms with van der Waals surface area (Å²) in [5, 5.41) is 13.5. The molecule has 104 valence electrons. The van der Waals surface area contributed by atoms with E-state index in [0.717, 1.165) is 42.4 Å². The van der Waals surface area contributed by atoms with Crippen LogP contribution in [0.4, 0.5) is 5.82 Å². The summed E-state index contributed by atoms with van der Waals surface area (Å²) in [6, 6.07) is 8.18. The average molecular weight is 271 g/mol. The van der Waals surface area contributed by atoms with E-state index in [1.165, 1.54) is 0 Å². The Hall–Kier alpha value is -2.17. The fraction of sp³-hybridized carbons (Fsp3) is 0.400. The molecular weight excluding hydrogens is 254 g/mol. The van der Waals surface area contributed by atoms with Crippen molar-refractivity contribution in [1.29, 1.82) is 0 Å². The van der Waals surface area contributed by atoms with E-state index in [1.54, 1.807) is 6.33 Å². The van der Waals surface area contributed by atoms with Crippen molar-refractivity contribution >= 4 is 22.7 Å². The van der Waals surface area contributed by atoms with Crippen molar-refractivity contribution in [3.8, 4) is 0 Å². The predicted molar refractivity (Wildman–Crippen MR) is 76.5 cm³/mol. The third kappa shape index (κ3) is 2.57. The Morgan fingerprint density at radius 1 is 1.15 bits per heavy atom. The Kier molecular flexibility index (Phi) is 3.50. The molecule has 1 aliphatic carbocycles. The molecule has 1 fully saturated rings. The Morgan fingerprint density at radius 3 is 2.65 bits per heavy atom. The maximum absolute atomic E-state index is 11.0. The van der Waals surface area contributed by atoms with Crippen LogP contribution in [0.1, 0.15) is 25.7 Å². The maximum atomic E-state index is 11.0. The van der Waals surface area contributed by atoms with Gasteiger partial charge in [0, 0.05) is 11.4 Å². The Morgan fingerprint density at radius 2 is 1.90 bits per heavy atom. The zero-order chi connectivity index (χ0) is 13.9. The molecule has 2 aromatic rings. The first-order chi connectivity index (χ1) is 9.74. The summed E-state index contributed by atoms with van der Waals surface area (Å²) < 4.78 is 0. The molecule has 5 nitrogen and oxygen atoms in total. The highest BCUT2D eigenvalue weighted by molar-refractivity contribution is 5.88. The Bertz CT molecular complexity index is 616. The molecule has 1 aromatic heterocycles. The lowest BCUT2D eigenvalue weighted by Crippen LogP contribution is -2.29. The molecule has 2 N–H and O–H groups in total. The van der Waals surface area contributed by atoms with E-state index in [0.29, 0.717) is 6.04 Å². The molecule has 0 amide bonds. The number of rotatable bonds is 3. The highest BCUT2D eigenvalue weighted by atomic mass is 16.4. The number of hydrogen-bond acceptors (Lipinski definition) is 4. The molecule has 5 heteroatoms. The summed E-state index contributed by atoms with van der Waals surface area (Å²) in [5.41, 5.74) is 0.921.